The van der Waals surface area contributed by atoms with Gasteiger partial charge in [0.15, 0.2) is 0 Å². The Morgan fingerprint density at radius 1 is 1.20 bits per heavy atom. The van der Waals surface area contributed by atoms with Gasteiger partial charge >= 0.3 is 5.97 Å². The quantitative estimate of drug-likeness (QED) is 0.873. The summed E-state index contributed by atoms with van der Waals surface area (Å²) >= 11 is 0. The third-order valence-electron chi connectivity index (χ3n) is 4.55. The van der Waals surface area contributed by atoms with Crippen molar-refractivity contribution < 1.29 is 23.4 Å². The monoisotopic (exact) mass is 361 g/mol. The molecular formula is C18H19NO5S. The van der Waals surface area contributed by atoms with Gasteiger partial charge in [0.25, 0.3) is 10.0 Å². The second kappa shape index (κ2) is 6.16. The molecule has 1 aliphatic heterocycles. The van der Waals surface area contributed by atoms with Crippen molar-refractivity contribution >= 4 is 21.7 Å². The number of fused-ring (bicyclic) bond motifs is 1. The average molecular weight is 361 g/mol. The molecule has 1 aliphatic rings. The second-order valence-corrected chi connectivity index (χ2v) is 8.10. The van der Waals surface area contributed by atoms with Gasteiger partial charge in [0.1, 0.15) is 0 Å². The van der Waals surface area contributed by atoms with Gasteiger partial charge in [-0.3, -0.25) is 4.31 Å². The molecule has 0 spiro atoms. The molecule has 0 saturated heterocycles. The van der Waals surface area contributed by atoms with Crippen molar-refractivity contribution in [2.45, 2.75) is 31.3 Å². The Bertz CT molecular complexity index is 952. The Kier molecular flexibility index (Phi) is 4.30. The van der Waals surface area contributed by atoms with Crippen molar-refractivity contribution in [3.8, 4) is 0 Å². The Balaban J connectivity index is 2.17. The standard InChI is InChI=1S/C18H19NO5S/c1-11-7-15(9-16(12(11)2)18(21)22)25(23,24)19-10-14(20)8-13-5-3-4-6-17(13)19/h3-7,9,14,20H,8,10H2,1-2H3,(H,21,22). The maximum atomic E-state index is 13.2. The first-order valence-electron chi connectivity index (χ1n) is 7.85. The molecule has 0 saturated carbocycles. The summed E-state index contributed by atoms with van der Waals surface area (Å²) in [6.45, 7) is 3.27. The van der Waals surface area contributed by atoms with E-state index in [0.29, 0.717) is 23.2 Å². The molecular weight excluding hydrogens is 342 g/mol. The highest BCUT2D eigenvalue weighted by Crippen LogP contribution is 2.33. The number of hydrogen-bond donors (Lipinski definition) is 2. The number of para-hydroxylation sites is 1. The Hall–Kier alpha value is -2.38. The van der Waals surface area contributed by atoms with Gasteiger partial charge in [-0.25, -0.2) is 13.2 Å². The summed E-state index contributed by atoms with van der Waals surface area (Å²) in [5.41, 5.74) is 2.34. The van der Waals surface area contributed by atoms with Crippen LogP contribution >= 0.6 is 0 Å². The van der Waals surface area contributed by atoms with E-state index in [4.69, 9.17) is 0 Å². The number of aromatic carboxylic acids is 1. The molecule has 0 aliphatic carbocycles. The summed E-state index contributed by atoms with van der Waals surface area (Å²) < 4.78 is 27.5. The number of carboxylic acid groups (broad SMARTS) is 1. The summed E-state index contributed by atoms with van der Waals surface area (Å²) in [4.78, 5) is 11.3. The van der Waals surface area contributed by atoms with Crippen LogP contribution in [0.5, 0.6) is 0 Å². The van der Waals surface area contributed by atoms with E-state index >= 15 is 0 Å². The van der Waals surface area contributed by atoms with Gasteiger partial charge < -0.3 is 10.2 Å². The number of anilines is 1. The number of aliphatic hydroxyl groups excluding tert-OH is 1. The molecule has 1 heterocycles. The van der Waals surface area contributed by atoms with Crippen LogP contribution in [0.25, 0.3) is 0 Å². The summed E-state index contributed by atoms with van der Waals surface area (Å²) in [6.07, 6.45) is -0.426. The normalized spacial score (nSPS) is 17.2. The molecule has 0 bridgehead atoms. The van der Waals surface area contributed by atoms with Gasteiger partial charge in [-0.2, -0.15) is 0 Å². The Morgan fingerprint density at radius 3 is 2.56 bits per heavy atom. The van der Waals surface area contributed by atoms with Crippen molar-refractivity contribution in [2.24, 2.45) is 0 Å². The largest absolute Gasteiger partial charge is 0.478 e. The summed E-state index contributed by atoms with van der Waals surface area (Å²) in [6, 6.07) is 9.66. The third kappa shape index (κ3) is 3.01. The van der Waals surface area contributed by atoms with Crippen LogP contribution in [0.4, 0.5) is 5.69 Å². The highest BCUT2D eigenvalue weighted by Gasteiger charge is 2.33. The predicted octanol–water partition coefficient (Wildman–Crippen LogP) is 2.11. The molecule has 0 aromatic heterocycles. The van der Waals surface area contributed by atoms with Crippen LogP contribution in [0.1, 0.15) is 27.0 Å². The number of benzene rings is 2. The minimum atomic E-state index is -3.99. The number of hydrogen-bond acceptors (Lipinski definition) is 4. The van der Waals surface area contributed by atoms with E-state index in [2.05, 4.69) is 0 Å². The van der Waals surface area contributed by atoms with E-state index < -0.39 is 22.1 Å². The lowest BCUT2D eigenvalue weighted by molar-refractivity contribution is 0.0695. The number of carboxylic acids is 1. The number of aliphatic hydroxyl groups is 1. The molecule has 0 radical (unpaired) electrons. The zero-order chi connectivity index (χ0) is 18.4. The van der Waals surface area contributed by atoms with Crippen molar-refractivity contribution in [2.75, 3.05) is 10.8 Å². The number of rotatable bonds is 3. The minimum absolute atomic E-state index is 0.0376. The molecule has 3 rings (SSSR count). The lowest BCUT2D eigenvalue weighted by Crippen LogP contribution is -2.42. The highest BCUT2D eigenvalue weighted by atomic mass is 32.2. The molecule has 25 heavy (non-hydrogen) atoms. The van der Waals surface area contributed by atoms with Gasteiger partial charge in [0.2, 0.25) is 0 Å². The molecule has 2 aromatic rings. The van der Waals surface area contributed by atoms with Crippen LogP contribution in [0, 0.1) is 13.8 Å². The number of nitrogens with zero attached hydrogens (tertiary/aromatic N) is 1. The van der Waals surface area contributed by atoms with Gasteiger partial charge in [-0.05, 0) is 48.7 Å². The van der Waals surface area contributed by atoms with E-state index in [1.807, 2.05) is 0 Å². The first kappa shape index (κ1) is 17.4. The van der Waals surface area contributed by atoms with Crippen molar-refractivity contribution in [1.82, 2.24) is 0 Å². The summed E-state index contributed by atoms with van der Waals surface area (Å²) in [5.74, 6) is -1.17. The summed E-state index contributed by atoms with van der Waals surface area (Å²) in [7, 11) is -3.99. The highest BCUT2D eigenvalue weighted by molar-refractivity contribution is 7.92. The first-order valence-corrected chi connectivity index (χ1v) is 9.29. The molecule has 6 nitrogen and oxygen atoms in total. The maximum absolute atomic E-state index is 13.2. The van der Waals surface area contributed by atoms with E-state index in [0.717, 1.165) is 9.87 Å². The first-order chi connectivity index (χ1) is 11.7. The molecule has 0 amide bonds. The van der Waals surface area contributed by atoms with Crippen molar-refractivity contribution in [3.05, 3.63) is 58.7 Å². The van der Waals surface area contributed by atoms with Crippen LogP contribution in [-0.2, 0) is 16.4 Å². The van der Waals surface area contributed by atoms with Gasteiger partial charge in [0.05, 0.1) is 28.8 Å². The fourth-order valence-corrected chi connectivity index (χ4v) is 4.74. The smallest absolute Gasteiger partial charge is 0.336 e. The van der Waals surface area contributed by atoms with Crippen LogP contribution in [0.2, 0.25) is 0 Å². The molecule has 132 valence electrons. The Morgan fingerprint density at radius 2 is 1.88 bits per heavy atom. The van der Waals surface area contributed by atoms with Gasteiger partial charge in [-0.15, -0.1) is 0 Å². The van der Waals surface area contributed by atoms with Crippen molar-refractivity contribution in [3.63, 3.8) is 0 Å². The predicted molar refractivity (Wildman–Crippen MR) is 93.6 cm³/mol. The zero-order valence-corrected chi connectivity index (χ0v) is 14.7. The number of aryl methyl sites for hydroxylation is 1. The average Bonchev–Trinajstić information content (AvgIpc) is 2.55. The minimum Gasteiger partial charge on any atom is -0.478 e. The molecule has 7 heteroatoms. The topological polar surface area (TPSA) is 94.9 Å². The summed E-state index contributed by atoms with van der Waals surface area (Å²) in [5, 5.41) is 19.4. The second-order valence-electron chi connectivity index (χ2n) is 6.24. The Labute approximate surface area is 146 Å². The van der Waals surface area contributed by atoms with Crippen LogP contribution in [0.3, 0.4) is 0 Å². The van der Waals surface area contributed by atoms with Crippen LogP contribution < -0.4 is 4.31 Å². The van der Waals surface area contributed by atoms with E-state index in [-0.39, 0.29) is 17.0 Å². The lowest BCUT2D eigenvalue weighted by atomic mass is 10.0. The lowest BCUT2D eigenvalue weighted by Gasteiger charge is -2.33. The maximum Gasteiger partial charge on any atom is 0.336 e. The molecule has 0 fully saturated rings. The van der Waals surface area contributed by atoms with Crippen molar-refractivity contribution in [1.29, 1.82) is 0 Å². The molecule has 1 atom stereocenters. The van der Waals surface area contributed by atoms with Crippen LogP contribution in [0.15, 0.2) is 41.3 Å². The number of sulfonamides is 1. The SMILES string of the molecule is Cc1cc(S(=O)(=O)N2CC(O)Cc3ccccc32)cc(C(=O)O)c1C. The number of β-amino-alcohol motifs (C(OH)–C–C–N with tert-alkyl or cyclic N) is 1. The fraction of sp³-hybridized carbons (Fsp3) is 0.278. The fourth-order valence-electron chi connectivity index (χ4n) is 3.09. The molecule has 1 unspecified atom stereocenters. The van der Waals surface area contributed by atoms with E-state index in [1.54, 1.807) is 38.1 Å². The molecule has 2 N–H and O–H groups in total. The van der Waals surface area contributed by atoms with E-state index in [9.17, 15) is 23.4 Å². The van der Waals surface area contributed by atoms with Crippen LogP contribution in [-0.4, -0.2) is 37.2 Å². The van der Waals surface area contributed by atoms with Gasteiger partial charge in [-0.1, -0.05) is 18.2 Å². The zero-order valence-electron chi connectivity index (χ0n) is 13.9. The van der Waals surface area contributed by atoms with E-state index in [1.165, 1.54) is 12.1 Å². The number of carbonyl (C=O) groups is 1. The third-order valence-corrected chi connectivity index (χ3v) is 6.31. The molecule has 2 aromatic carbocycles. The van der Waals surface area contributed by atoms with Gasteiger partial charge in [0, 0.05) is 6.42 Å².